The highest BCUT2D eigenvalue weighted by Crippen LogP contribution is 2.31. The molecular weight excluding hydrogens is 424 g/mol. The Morgan fingerprint density at radius 3 is 2.81 bits per heavy atom. The Kier molecular flexibility index (Phi) is 5.88. The monoisotopic (exact) mass is 442 g/mol. The fourth-order valence-electron chi connectivity index (χ4n) is 3.73. The van der Waals surface area contributed by atoms with Crippen molar-refractivity contribution in [2.45, 2.75) is 38.3 Å². The van der Waals surface area contributed by atoms with Gasteiger partial charge in [0, 0.05) is 12.1 Å². The van der Waals surface area contributed by atoms with Gasteiger partial charge in [0.25, 0.3) is 5.56 Å². The van der Waals surface area contributed by atoms with Gasteiger partial charge in [0.1, 0.15) is 11.8 Å². The second-order valence-electron chi connectivity index (χ2n) is 7.40. The lowest BCUT2D eigenvalue weighted by molar-refractivity contribution is 0.163. The highest BCUT2D eigenvalue weighted by atomic mass is 35.5. The van der Waals surface area contributed by atoms with Crippen LogP contribution in [0.15, 0.2) is 44.5 Å². The van der Waals surface area contributed by atoms with Crippen LogP contribution in [-0.2, 0) is 0 Å². The van der Waals surface area contributed by atoms with Crippen molar-refractivity contribution in [2.24, 2.45) is 11.0 Å². The van der Waals surface area contributed by atoms with Crippen molar-refractivity contribution < 1.29 is 9.84 Å². The molecule has 1 aromatic carbocycles. The van der Waals surface area contributed by atoms with Gasteiger partial charge in [-0.2, -0.15) is 9.94 Å². The number of aromatic nitrogens is 3. The molecule has 1 unspecified atom stereocenters. The van der Waals surface area contributed by atoms with Gasteiger partial charge in [0.15, 0.2) is 6.23 Å². The van der Waals surface area contributed by atoms with E-state index in [1.165, 1.54) is 25.0 Å². The molecule has 1 aliphatic carbocycles. The van der Waals surface area contributed by atoms with Crippen LogP contribution in [-0.4, -0.2) is 32.0 Å². The second kappa shape index (κ2) is 8.75. The zero-order valence-electron chi connectivity index (χ0n) is 16.3. The maximum atomic E-state index is 12.1. The quantitative estimate of drug-likeness (QED) is 0.651. The molecule has 0 amide bonds. The highest BCUT2D eigenvalue weighted by molar-refractivity contribution is 6.32. The number of aliphatic hydroxyl groups excluding tert-OH is 1. The van der Waals surface area contributed by atoms with Crippen molar-refractivity contribution in [3.05, 3.63) is 61.4 Å². The van der Waals surface area contributed by atoms with Crippen LogP contribution in [0, 0.1) is 17.2 Å². The summed E-state index contributed by atoms with van der Waals surface area (Å²) in [6.07, 6.45) is 6.39. The maximum absolute atomic E-state index is 12.1. The minimum Gasteiger partial charge on any atom is -0.438 e. The molecule has 1 aromatic heterocycles. The molecule has 1 atom stereocenters. The van der Waals surface area contributed by atoms with Crippen LogP contribution in [0.2, 0.25) is 5.02 Å². The summed E-state index contributed by atoms with van der Waals surface area (Å²) < 4.78 is 6.60. The summed E-state index contributed by atoms with van der Waals surface area (Å²) in [5.74, 6) is 1.17. The molecule has 1 fully saturated rings. The maximum Gasteiger partial charge on any atom is 0.349 e. The van der Waals surface area contributed by atoms with Crippen LogP contribution in [0.25, 0.3) is 5.69 Å². The molecule has 2 heterocycles. The van der Waals surface area contributed by atoms with E-state index in [9.17, 15) is 14.7 Å². The lowest BCUT2D eigenvalue weighted by Crippen LogP contribution is -2.33. The minimum atomic E-state index is -0.870. The Morgan fingerprint density at radius 2 is 2.10 bits per heavy atom. The fraction of sp³-hybridized carbons (Fsp3) is 0.350. The highest BCUT2D eigenvalue weighted by Gasteiger charge is 2.23. The smallest absolute Gasteiger partial charge is 0.349 e. The van der Waals surface area contributed by atoms with Gasteiger partial charge in [0.05, 0.1) is 10.7 Å². The Bertz CT molecular complexity index is 1220. The second-order valence-corrected chi connectivity index (χ2v) is 7.81. The number of aliphatic hydroxyl groups is 1. The molecule has 0 saturated heterocycles. The van der Waals surface area contributed by atoms with E-state index in [-0.39, 0.29) is 16.6 Å². The molecular formula is C20H19ClN6O4. The number of nitrogens with one attached hydrogen (secondary N) is 2. The first-order valence-corrected chi connectivity index (χ1v) is 10.2. The number of nitrogens with zero attached hydrogens (tertiary/aromatic N) is 4. The number of H-pyrrole nitrogens is 1. The molecule has 1 aliphatic heterocycles. The number of ether oxygens (including phenoxy) is 1. The van der Waals surface area contributed by atoms with Crippen LogP contribution < -0.4 is 21.4 Å². The van der Waals surface area contributed by atoms with E-state index in [1.54, 1.807) is 18.2 Å². The summed E-state index contributed by atoms with van der Waals surface area (Å²) in [7, 11) is 0. The number of benzene rings is 1. The number of nitriles is 1. The Labute approximate surface area is 181 Å². The minimum absolute atomic E-state index is 0.114. The number of aromatic amines is 1. The molecule has 0 bridgehead atoms. The normalized spacial score (nSPS) is 18.7. The third-order valence-electron chi connectivity index (χ3n) is 5.26. The largest absolute Gasteiger partial charge is 0.438 e. The van der Waals surface area contributed by atoms with Crippen molar-refractivity contribution in [2.75, 3.05) is 0 Å². The number of hydrogen-bond donors (Lipinski definition) is 3. The SMILES string of the molecule is N#Cc1nn(-c2ccc(OC3=NNC(O)C(CC4CCCC4)=C3)cc2Cl)c(=O)[nH]c1=O. The molecule has 31 heavy (non-hydrogen) atoms. The van der Waals surface area contributed by atoms with Crippen LogP contribution in [0.4, 0.5) is 0 Å². The number of halogens is 1. The summed E-state index contributed by atoms with van der Waals surface area (Å²) in [6, 6.07) is 6.10. The van der Waals surface area contributed by atoms with Crippen molar-refractivity contribution in [1.82, 2.24) is 20.2 Å². The zero-order valence-corrected chi connectivity index (χ0v) is 17.1. The van der Waals surface area contributed by atoms with E-state index >= 15 is 0 Å². The van der Waals surface area contributed by atoms with Crippen LogP contribution >= 0.6 is 11.6 Å². The summed E-state index contributed by atoms with van der Waals surface area (Å²) in [5, 5.41) is 27.0. The van der Waals surface area contributed by atoms with Gasteiger partial charge in [-0.05, 0) is 30.0 Å². The van der Waals surface area contributed by atoms with Gasteiger partial charge in [-0.15, -0.1) is 10.2 Å². The zero-order chi connectivity index (χ0) is 22.0. The summed E-state index contributed by atoms with van der Waals surface area (Å²) in [4.78, 5) is 25.6. The Hall–Kier alpha value is -3.42. The fourth-order valence-corrected chi connectivity index (χ4v) is 3.98. The predicted octanol–water partition coefficient (Wildman–Crippen LogP) is 1.57. The van der Waals surface area contributed by atoms with Gasteiger partial charge in [-0.25, -0.2) is 4.79 Å². The summed E-state index contributed by atoms with van der Waals surface area (Å²) >= 11 is 6.29. The Morgan fingerprint density at radius 1 is 1.32 bits per heavy atom. The number of hydrazone groups is 1. The Balaban J connectivity index is 1.55. The molecule has 0 radical (unpaired) electrons. The van der Waals surface area contributed by atoms with Gasteiger partial charge < -0.3 is 9.84 Å². The number of rotatable bonds is 4. The molecule has 0 spiro atoms. The van der Waals surface area contributed by atoms with Crippen molar-refractivity contribution >= 4 is 17.5 Å². The van der Waals surface area contributed by atoms with Crippen molar-refractivity contribution in [3.8, 4) is 17.5 Å². The molecule has 160 valence electrons. The van der Waals surface area contributed by atoms with E-state index in [0.29, 0.717) is 11.7 Å². The molecule has 2 aliphatic rings. The number of hydrogen-bond acceptors (Lipinski definition) is 8. The molecule has 10 nitrogen and oxygen atoms in total. The van der Waals surface area contributed by atoms with Crippen LogP contribution in [0.1, 0.15) is 37.8 Å². The van der Waals surface area contributed by atoms with E-state index in [2.05, 4.69) is 15.6 Å². The third kappa shape index (κ3) is 4.52. The van der Waals surface area contributed by atoms with E-state index < -0.39 is 23.2 Å². The first kappa shape index (κ1) is 20.8. The lowest BCUT2D eigenvalue weighted by Gasteiger charge is -2.22. The van der Waals surface area contributed by atoms with E-state index in [4.69, 9.17) is 21.6 Å². The topological polar surface area (TPSA) is 145 Å². The first-order valence-electron chi connectivity index (χ1n) is 9.78. The van der Waals surface area contributed by atoms with Crippen LogP contribution in [0.3, 0.4) is 0 Å². The van der Waals surface area contributed by atoms with E-state index in [0.717, 1.165) is 29.5 Å². The molecule has 4 rings (SSSR count). The molecule has 11 heteroatoms. The average Bonchev–Trinajstić information content (AvgIpc) is 3.24. The first-order chi connectivity index (χ1) is 14.9. The molecule has 1 saturated carbocycles. The van der Waals surface area contributed by atoms with Gasteiger partial charge in [-0.3, -0.25) is 15.2 Å². The van der Waals surface area contributed by atoms with Crippen molar-refractivity contribution in [1.29, 1.82) is 5.26 Å². The summed E-state index contributed by atoms with van der Waals surface area (Å²) in [5.41, 5.74) is 1.48. The van der Waals surface area contributed by atoms with Crippen LogP contribution in [0.5, 0.6) is 5.75 Å². The van der Waals surface area contributed by atoms with Crippen molar-refractivity contribution in [3.63, 3.8) is 0 Å². The van der Waals surface area contributed by atoms with Gasteiger partial charge in [0.2, 0.25) is 11.6 Å². The average molecular weight is 443 g/mol. The lowest BCUT2D eigenvalue weighted by atomic mass is 9.96. The molecule has 3 N–H and O–H groups in total. The van der Waals surface area contributed by atoms with Gasteiger partial charge >= 0.3 is 5.69 Å². The van der Waals surface area contributed by atoms with E-state index in [1.807, 2.05) is 4.98 Å². The third-order valence-corrected chi connectivity index (χ3v) is 5.56. The predicted molar refractivity (Wildman–Crippen MR) is 112 cm³/mol. The van der Waals surface area contributed by atoms with Gasteiger partial charge in [-0.1, -0.05) is 37.3 Å². The summed E-state index contributed by atoms with van der Waals surface area (Å²) in [6.45, 7) is 0. The standard InChI is InChI=1S/C20H19ClN6O4/c21-14-9-13(5-6-16(14)27-20(30)23-19(29)15(10-22)26-27)31-17-8-12(18(28)25-24-17)7-11-3-1-2-4-11/h5-6,8-9,11,18,25,28H,1-4,7H2,(H,23,29,30). The molecule has 2 aromatic rings.